The van der Waals surface area contributed by atoms with Crippen LogP contribution in [0.25, 0.3) is 17.0 Å². The first-order valence-electron chi connectivity index (χ1n) is 10.7. The molecule has 2 aliphatic rings. The molecule has 0 saturated carbocycles. The van der Waals surface area contributed by atoms with Crippen LogP contribution in [0.4, 0.5) is 0 Å². The molecule has 0 unspecified atom stereocenters. The quantitative estimate of drug-likeness (QED) is 0.475. The zero-order chi connectivity index (χ0) is 23.3. The number of amidine groups is 2. The number of nitrogens with one attached hydrogen (secondary N) is 1. The van der Waals surface area contributed by atoms with E-state index in [0.29, 0.717) is 16.7 Å². The van der Waals surface area contributed by atoms with Crippen molar-refractivity contribution in [1.29, 1.82) is 5.41 Å². The number of rotatable bonds is 4. The average molecular weight is 476 g/mol. The zero-order valence-corrected chi connectivity index (χ0v) is 20.0. The van der Waals surface area contributed by atoms with Crippen LogP contribution in [0.2, 0.25) is 5.02 Å². The van der Waals surface area contributed by atoms with Crippen molar-refractivity contribution in [2.24, 2.45) is 16.0 Å². The fourth-order valence-electron chi connectivity index (χ4n) is 4.03. The van der Waals surface area contributed by atoms with Gasteiger partial charge in [-0.05, 0) is 42.5 Å². The number of para-hydroxylation sites is 1. The molecule has 8 heteroatoms. The number of halogens is 1. The lowest BCUT2D eigenvalue weighted by Crippen LogP contribution is -2.35. The fourth-order valence-corrected chi connectivity index (χ4v) is 5.11. The monoisotopic (exact) mass is 475 g/mol. The van der Waals surface area contributed by atoms with Crippen molar-refractivity contribution in [2.75, 3.05) is 0 Å². The van der Waals surface area contributed by atoms with Crippen LogP contribution in [0, 0.1) is 18.3 Å². The van der Waals surface area contributed by atoms with Crippen molar-refractivity contribution in [1.82, 2.24) is 9.58 Å². The summed E-state index contributed by atoms with van der Waals surface area (Å²) in [5.41, 5.74) is 4.17. The van der Waals surface area contributed by atoms with Crippen LogP contribution in [0.5, 0.6) is 0 Å². The van der Waals surface area contributed by atoms with Crippen molar-refractivity contribution in [3.63, 3.8) is 0 Å². The molecule has 2 aliphatic heterocycles. The largest absolute Gasteiger partial charge is 0.340 e. The minimum Gasteiger partial charge on any atom is -0.340 e. The van der Waals surface area contributed by atoms with Crippen LogP contribution >= 0.6 is 23.4 Å². The third kappa shape index (κ3) is 3.71. The molecule has 3 aromatic rings. The molecule has 0 aliphatic carbocycles. The van der Waals surface area contributed by atoms with Gasteiger partial charge in [-0.3, -0.25) is 10.2 Å². The van der Waals surface area contributed by atoms with Crippen LogP contribution in [0.1, 0.15) is 30.7 Å². The molecule has 0 radical (unpaired) electrons. The van der Waals surface area contributed by atoms with Gasteiger partial charge in [0.2, 0.25) is 5.17 Å². The second-order valence-corrected chi connectivity index (χ2v) is 9.70. The van der Waals surface area contributed by atoms with E-state index in [1.54, 1.807) is 6.08 Å². The van der Waals surface area contributed by atoms with Crippen molar-refractivity contribution in [3.05, 3.63) is 75.9 Å². The second-order valence-electron chi connectivity index (χ2n) is 8.31. The number of aromatic nitrogens is 1. The Balaban J connectivity index is 1.61. The topological polar surface area (TPSA) is 73.8 Å². The Bertz CT molecular complexity index is 1420. The van der Waals surface area contributed by atoms with Gasteiger partial charge in [-0.2, -0.15) is 15.1 Å². The molecule has 166 valence electrons. The van der Waals surface area contributed by atoms with Crippen LogP contribution in [-0.2, 0) is 11.3 Å². The summed E-state index contributed by atoms with van der Waals surface area (Å²) < 4.78 is 2.19. The predicted octanol–water partition coefficient (Wildman–Crippen LogP) is 5.93. The highest BCUT2D eigenvalue weighted by Gasteiger charge is 2.36. The SMILES string of the molecule is Cc1c(/C=C2/C(=N)N3N=C(C(C)C)SC3=NC2=O)c2ccccc2n1Cc1ccccc1Cl. The first-order chi connectivity index (χ1) is 15.8. The molecule has 0 fully saturated rings. The van der Waals surface area contributed by atoms with Gasteiger partial charge in [-0.15, -0.1) is 0 Å². The van der Waals surface area contributed by atoms with E-state index in [1.807, 2.05) is 63.2 Å². The van der Waals surface area contributed by atoms with Crippen molar-refractivity contribution in [3.8, 4) is 0 Å². The summed E-state index contributed by atoms with van der Waals surface area (Å²) >= 11 is 7.78. The van der Waals surface area contributed by atoms with E-state index in [-0.39, 0.29) is 17.3 Å². The third-order valence-corrected chi connectivity index (χ3v) is 7.40. The molecule has 1 amide bonds. The molecule has 0 saturated heterocycles. The van der Waals surface area contributed by atoms with Crippen LogP contribution in [0.3, 0.4) is 0 Å². The number of carbonyl (C=O) groups excluding carboxylic acids is 1. The molecular weight excluding hydrogens is 454 g/mol. The van der Waals surface area contributed by atoms with Crippen molar-refractivity contribution < 1.29 is 4.79 Å². The van der Waals surface area contributed by atoms with E-state index in [0.717, 1.165) is 32.8 Å². The Kier molecular flexibility index (Phi) is 5.46. The Hall–Kier alpha value is -3.16. The number of amides is 1. The Labute approximate surface area is 201 Å². The van der Waals surface area contributed by atoms with E-state index in [1.165, 1.54) is 16.8 Å². The fraction of sp³-hybridized carbons (Fsp3) is 0.200. The summed E-state index contributed by atoms with van der Waals surface area (Å²) in [7, 11) is 0. The molecule has 33 heavy (non-hydrogen) atoms. The first kappa shape index (κ1) is 21.7. The minimum absolute atomic E-state index is 0.0514. The summed E-state index contributed by atoms with van der Waals surface area (Å²) in [6.45, 7) is 6.69. The molecule has 2 aromatic carbocycles. The van der Waals surface area contributed by atoms with E-state index >= 15 is 0 Å². The van der Waals surface area contributed by atoms with Gasteiger partial charge in [-0.1, -0.05) is 61.8 Å². The van der Waals surface area contributed by atoms with Gasteiger partial charge in [0, 0.05) is 39.6 Å². The summed E-state index contributed by atoms with van der Waals surface area (Å²) in [6, 6.07) is 15.9. The number of carbonyl (C=O) groups is 1. The highest BCUT2D eigenvalue weighted by atomic mass is 35.5. The van der Waals surface area contributed by atoms with E-state index in [2.05, 4.69) is 20.7 Å². The Morgan fingerprint density at radius 3 is 2.64 bits per heavy atom. The predicted molar refractivity (Wildman–Crippen MR) is 137 cm³/mol. The maximum atomic E-state index is 12.9. The number of benzene rings is 2. The van der Waals surface area contributed by atoms with Gasteiger partial charge in [0.05, 0.1) is 5.57 Å². The number of nitrogens with zero attached hydrogens (tertiary/aromatic N) is 4. The highest BCUT2D eigenvalue weighted by Crippen LogP contribution is 2.34. The number of hydrazone groups is 1. The molecule has 0 atom stereocenters. The Morgan fingerprint density at radius 2 is 1.88 bits per heavy atom. The molecule has 6 nitrogen and oxygen atoms in total. The lowest BCUT2D eigenvalue weighted by atomic mass is 10.1. The standard InChI is InChI=1S/C25H22ClN5OS/c1-14(2)24-29-31-22(27)19(23(32)28-25(31)33-24)12-18-15(3)30(21-11-7-5-9-17(18)21)13-16-8-4-6-10-20(16)26/h4-12,14,27H,13H2,1-3H3/b19-12-,27-22?. The smallest absolute Gasteiger partial charge is 0.283 e. The summed E-state index contributed by atoms with van der Waals surface area (Å²) in [6.07, 6.45) is 1.78. The number of fused-ring (bicyclic) bond motifs is 2. The summed E-state index contributed by atoms with van der Waals surface area (Å²) in [5.74, 6) is -0.166. The second kappa shape index (κ2) is 8.32. The first-order valence-corrected chi connectivity index (χ1v) is 11.9. The van der Waals surface area contributed by atoms with Gasteiger partial charge < -0.3 is 4.57 Å². The number of thioether (sulfide) groups is 1. The normalized spacial score (nSPS) is 17.2. The molecule has 1 N–H and O–H groups in total. The molecule has 0 bridgehead atoms. The zero-order valence-electron chi connectivity index (χ0n) is 18.5. The lowest BCUT2D eigenvalue weighted by Gasteiger charge is -2.20. The maximum Gasteiger partial charge on any atom is 0.283 e. The van der Waals surface area contributed by atoms with Gasteiger partial charge in [0.25, 0.3) is 5.91 Å². The van der Waals surface area contributed by atoms with Crippen LogP contribution in [-0.4, -0.2) is 31.5 Å². The van der Waals surface area contributed by atoms with Crippen LogP contribution in [0.15, 0.2) is 64.2 Å². The van der Waals surface area contributed by atoms with E-state index in [4.69, 9.17) is 17.0 Å². The number of hydrogen-bond donors (Lipinski definition) is 1. The van der Waals surface area contributed by atoms with Gasteiger partial charge >= 0.3 is 0 Å². The van der Waals surface area contributed by atoms with Crippen LogP contribution < -0.4 is 0 Å². The maximum absolute atomic E-state index is 12.9. The van der Waals surface area contributed by atoms with E-state index in [9.17, 15) is 4.79 Å². The molecule has 0 spiro atoms. The molecule has 5 rings (SSSR count). The summed E-state index contributed by atoms with van der Waals surface area (Å²) in [5, 5.41) is 17.7. The molecule has 3 heterocycles. The van der Waals surface area contributed by atoms with Gasteiger partial charge in [0.15, 0.2) is 5.84 Å². The lowest BCUT2D eigenvalue weighted by molar-refractivity contribution is -0.114. The van der Waals surface area contributed by atoms with E-state index < -0.39 is 5.91 Å². The van der Waals surface area contributed by atoms with Gasteiger partial charge in [-0.25, -0.2) is 0 Å². The molecule has 1 aromatic heterocycles. The van der Waals surface area contributed by atoms with Crippen molar-refractivity contribution >= 4 is 62.3 Å². The third-order valence-electron chi connectivity index (χ3n) is 5.82. The van der Waals surface area contributed by atoms with Gasteiger partial charge in [0.1, 0.15) is 5.04 Å². The highest BCUT2D eigenvalue weighted by molar-refractivity contribution is 8.27. The number of aliphatic imine (C=N–C) groups is 1. The average Bonchev–Trinajstić information content (AvgIpc) is 3.33. The molecular formula is C25H22ClN5OS. The summed E-state index contributed by atoms with van der Waals surface area (Å²) in [4.78, 5) is 17.1. The Morgan fingerprint density at radius 1 is 1.15 bits per heavy atom. The van der Waals surface area contributed by atoms with Crippen molar-refractivity contribution in [2.45, 2.75) is 27.3 Å². The number of hydrogen-bond acceptors (Lipinski definition) is 4. The minimum atomic E-state index is -0.415.